The Kier molecular flexibility index (Phi) is 5.20. The zero-order valence-electron chi connectivity index (χ0n) is 12.5. The molecular weight excluding hydrogens is 306 g/mol. The van der Waals surface area contributed by atoms with E-state index in [1.807, 2.05) is 0 Å². The Morgan fingerprint density at radius 1 is 1.36 bits per heavy atom. The van der Waals surface area contributed by atoms with Crippen LogP contribution in [0.4, 0.5) is 0 Å². The maximum absolute atomic E-state index is 12.2. The van der Waals surface area contributed by atoms with Gasteiger partial charge in [-0.1, -0.05) is 6.07 Å². The van der Waals surface area contributed by atoms with E-state index in [0.717, 1.165) is 6.26 Å². The largest absolute Gasteiger partial charge is 0.396 e. The number of carbonyl (C=O) groups is 1. The summed E-state index contributed by atoms with van der Waals surface area (Å²) in [4.78, 5) is 12.3. The van der Waals surface area contributed by atoms with Gasteiger partial charge in [-0.3, -0.25) is 4.79 Å². The Hall–Kier alpha value is -1.44. The minimum absolute atomic E-state index is 0.0139. The molecule has 7 heteroatoms. The molecule has 0 atom stereocenters. The van der Waals surface area contributed by atoms with Gasteiger partial charge in [-0.25, -0.2) is 8.42 Å². The molecule has 0 saturated carbocycles. The second kappa shape index (κ2) is 6.76. The highest BCUT2D eigenvalue weighted by atomic mass is 32.2. The number of amides is 1. The van der Waals surface area contributed by atoms with E-state index >= 15 is 0 Å². The van der Waals surface area contributed by atoms with Crippen LogP contribution in [0.2, 0.25) is 0 Å². The average Bonchev–Trinajstić information content (AvgIpc) is 2.53. The normalized spacial score (nSPS) is 17.9. The van der Waals surface area contributed by atoms with Crippen LogP contribution in [-0.4, -0.2) is 52.1 Å². The van der Waals surface area contributed by atoms with Crippen molar-refractivity contribution >= 4 is 15.7 Å². The molecule has 0 bridgehead atoms. The fourth-order valence-electron chi connectivity index (χ4n) is 2.43. The van der Waals surface area contributed by atoms with Crippen molar-refractivity contribution in [3.05, 3.63) is 29.8 Å². The van der Waals surface area contributed by atoms with Crippen molar-refractivity contribution in [3.8, 4) is 0 Å². The summed E-state index contributed by atoms with van der Waals surface area (Å²) >= 11 is 0. The number of hydrogen-bond acceptors (Lipinski definition) is 5. The fourth-order valence-corrected chi connectivity index (χ4v) is 3.10. The number of ether oxygens (including phenoxy) is 1. The van der Waals surface area contributed by atoms with E-state index < -0.39 is 9.84 Å². The number of aliphatic hydroxyl groups is 1. The first-order valence-corrected chi connectivity index (χ1v) is 9.02. The predicted octanol–water partition coefficient (Wildman–Crippen LogP) is 0.609. The van der Waals surface area contributed by atoms with Crippen LogP contribution >= 0.6 is 0 Å². The van der Waals surface area contributed by atoms with Gasteiger partial charge in [-0.05, 0) is 31.0 Å². The van der Waals surface area contributed by atoms with E-state index in [1.54, 1.807) is 12.1 Å². The number of sulfone groups is 1. The maximum atomic E-state index is 12.2. The third-order valence-corrected chi connectivity index (χ3v) is 5.15. The lowest BCUT2D eigenvalue weighted by Crippen LogP contribution is -2.43. The lowest BCUT2D eigenvalue weighted by molar-refractivity contribution is -0.0146. The summed E-state index contributed by atoms with van der Waals surface area (Å²) in [6.45, 7) is 1.47. The lowest BCUT2D eigenvalue weighted by Gasteiger charge is -2.35. The highest BCUT2D eigenvalue weighted by molar-refractivity contribution is 7.90. The first kappa shape index (κ1) is 16.9. The summed E-state index contributed by atoms with van der Waals surface area (Å²) in [5, 5.41) is 12.4. The molecule has 2 N–H and O–H groups in total. The summed E-state index contributed by atoms with van der Waals surface area (Å²) < 4.78 is 28.3. The fraction of sp³-hybridized carbons (Fsp3) is 0.533. The second-order valence-electron chi connectivity index (χ2n) is 5.75. The van der Waals surface area contributed by atoms with Crippen LogP contribution in [0.5, 0.6) is 0 Å². The minimum Gasteiger partial charge on any atom is -0.396 e. The molecule has 1 saturated heterocycles. The van der Waals surface area contributed by atoms with Crippen molar-refractivity contribution in [1.29, 1.82) is 0 Å². The molecule has 0 unspecified atom stereocenters. The molecule has 0 aromatic heterocycles. The van der Waals surface area contributed by atoms with Gasteiger partial charge in [0.1, 0.15) is 0 Å². The van der Waals surface area contributed by atoms with Crippen LogP contribution in [0.3, 0.4) is 0 Å². The monoisotopic (exact) mass is 327 g/mol. The predicted molar refractivity (Wildman–Crippen MR) is 81.5 cm³/mol. The number of nitrogens with one attached hydrogen (secondary N) is 1. The minimum atomic E-state index is -3.35. The first-order chi connectivity index (χ1) is 10.4. The van der Waals surface area contributed by atoms with Crippen LogP contribution in [-0.2, 0) is 14.6 Å². The van der Waals surface area contributed by atoms with Crippen molar-refractivity contribution in [2.45, 2.75) is 17.7 Å². The second-order valence-corrected chi connectivity index (χ2v) is 7.77. The van der Waals surface area contributed by atoms with Gasteiger partial charge < -0.3 is 15.2 Å². The quantitative estimate of drug-likeness (QED) is 0.826. The Bertz CT molecular complexity index is 635. The van der Waals surface area contributed by atoms with Gasteiger partial charge in [0.15, 0.2) is 9.84 Å². The van der Waals surface area contributed by atoms with Crippen molar-refractivity contribution in [3.63, 3.8) is 0 Å². The topological polar surface area (TPSA) is 92.7 Å². The molecule has 1 aromatic rings. The molecular formula is C15H21NO5S. The zero-order valence-corrected chi connectivity index (χ0v) is 13.4. The Labute approximate surface area is 130 Å². The van der Waals surface area contributed by atoms with Gasteiger partial charge in [0.25, 0.3) is 5.91 Å². The molecule has 22 heavy (non-hydrogen) atoms. The van der Waals surface area contributed by atoms with E-state index in [0.29, 0.717) is 38.2 Å². The number of benzene rings is 1. The number of aliphatic hydroxyl groups excluding tert-OH is 1. The van der Waals surface area contributed by atoms with Gasteiger partial charge in [-0.2, -0.15) is 0 Å². The lowest BCUT2D eigenvalue weighted by atomic mass is 9.81. The van der Waals surface area contributed by atoms with Crippen molar-refractivity contribution in [2.75, 3.05) is 32.6 Å². The number of hydrogen-bond donors (Lipinski definition) is 2. The van der Waals surface area contributed by atoms with Crippen LogP contribution in [0.1, 0.15) is 23.2 Å². The molecule has 0 spiro atoms. The molecule has 1 aliphatic rings. The highest BCUT2D eigenvalue weighted by Gasteiger charge is 2.32. The zero-order chi connectivity index (χ0) is 16.2. The molecule has 2 rings (SSSR count). The Morgan fingerprint density at radius 3 is 2.64 bits per heavy atom. The molecule has 0 radical (unpaired) electrons. The highest BCUT2D eigenvalue weighted by Crippen LogP contribution is 2.29. The van der Waals surface area contributed by atoms with Crippen LogP contribution in [0, 0.1) is 5.41 Å². The van der Waals surface area contributed by atoms with Gasteiger partial charge in [0, 0.05) is 37.0 Å². The Morgan fingerprint density at radius 2 is 2.05 bits per heavy atom. The van der Waals surface area contributed by atoms with E-state index in [2.05, 4.69) is 5.32 Å². The third-order valence-electron chi connectivity index (χ3n) is 4.04. The SMILES string of the molecule is CS(=O)(=O)c1cccc(C(=O)NCC2(CO)CCOCC2)c1. The van der Waals surface area contributed by atoms with Crippen LogP contribution in [0.15, 0.2) is 29.2 Å². The summed E-state index contributed by atoms with van der Waals surface area (Å²) in [6, 6.07) is 5.93. The number of rotatable bonds is 5. The molecule has 1 fully saturated rings. The summed E-state index contributed by atoms with van der Waals surface area (Å²) in [6.07, 6.45) is 2.48. The van der Waals surface area contributed by atoms with Gasteiger partial charge in [-0.15, -0.1) is 0 Å². The molecule has 1 aliphatic heterocycles. The molecule has 122 valence electrons. The Balaban J connectivity index is 2.06. The van der Waals surface area contributed by atoms with E-state index in [9.17, 15) is 18.3 Å². The van der Waals surface area contributed by atoms with Crippen molar-refractivity contribution in [2.24, 2.45) is 5.41 Å². The summed E-state index contributed by atoms with van der Waals surface area (Å²) in [5.74, 6) is -0.343. The van der Waals surface area contributed by atoms with E-state index in [-0.39, 0.29) is 22.8 Å². The molecule has 6 nitrogen and oxygen atoms in total. The standard InChI is InChI=1S/C15H21NO5S/c1-22(19,20)13-4-2-3-12(9-13)14(18)16-10-15(11-17)5-7-21-8-6-15/h2-4,9,17H,5-8,10-11H2,1H3,(H,16,18). The number of carbonyl (C=O) groups excluding carboxylic acids is 1. The van der Waals surface area contributed by atoms with E-state index in [1.165, 1.54) is 12.1 Å². The van der Waals surface area contributed by atoms with Crippen LogP contribution in [0.25, 0.3) is 0 Å². The maximum Gasteiger partial charge on any atom is 0.251 e. The van der Waals surface area contributed by atoms with E-state index in [4.69, 9.17) is 4.74 Å². The van der Waals surface area contributed by atoms with Crippen molar-refractivity contribution in [1.82, 2.24) is 5.32 Å². The molecule has 0 aliphatic carbocycles. The van der Waals surface area contributed by atoms with Crippen LogP contribution < -0.4 is 5.32 Å². The smallest absolute Gasteiger partial charge is 0.251 e. The molecule has 1 amide bonds. The van der Waals surface area contributed by atoms with Gasteiger partial charge >= 0.3 is 0 Å². The van der Waals surface area contributed by atoms with Gasteiger partial charge in [0.2, 0.25) is 0 Å². The van der Waals surface area contributed by atoms with Gasteiger partial charge in [0.05, 0.1) is 11.5 Å². The summed E-state index contributed by atoms with van der Waals surface area (Å²) in [7, 11) is -3.35. The third kappa shape index (κ3) is 4.06. The molecule has 1 aromatic carbocycles. The summed E-state index contributed by atoms with van der Waals surface area (Å²) in [5.41, 5.74) is -0.0643. The first-order valence-electron chi connectivity index (χ1n) is 7.13. The average molecular weight is 327 g/mol. The molecule has 1 heterocycles. The van der Waals surface area contributed by atoms with Crippen molar-refractivity contribution < 1.29 is 23.1 Å².